The molecule has 1 fully saturated rings. The van der Waals surface area contributed by atoms with Crippen molar-refractivity contribution in [3.05, 3.63) is 29.8 Å². The van der Waals surface area contributed by atoms with Gasteiger partial charge in [0.1, 0.15) is 0 Å². The van der Waals surface area contributed by atoms with Crippen LogP contribution in [-0.2, 0) is 4.79 Å². The van der Waals surface area contributed by atoms with Gasteiger partial charge in [-0.25, -0.2) is 4.79 Å². The molecule has 2 rings (SSSR count). The van der Waals surface area contributed by atoms with Crippen molar-refractivity contribution in [1.82, 2.24) is 5.32 Å². The molecule has 1 aromatic rings. The highest BCUT2D eigenvalue weighted by molar-refractivity contribution is 5.97. The smallest absolute Gasteiger partial charge is 0.335 e. The second-order valence-corrected chi connectivity index (χ2v) is 5.85. The maximum absolute atomic E-state index is 12.3. The summed E-state index contributed by atoms with van der Waals surface area (Å²) in [5.41, 5.74) is 0.573. The average Bonchev–Trinajstić information content (AvgIpc) is 2.38. The minimum Gasteiger partial charge on any atom is -0.478 e. The standard InChI is InChI=1S/C15H20N2O3/c1-15(2)7-4-8-16-12(15)13(18)17-11-6-3-5-10(9-11)14(19)20/h3,5-6,9,12,16H,4,7-8H2,1-2H3,(H,17,18)(H,19,20). The number of carbonyl (C=O) groups excluding carboxylic acids is 1. The summed E-state index contributed by atoms with van der Waals surface area (Å²) in [7, 11) is 0. The van der Waals surface area contributed by atoms with E-state index in [1.165, 1.54) is 12.1 Å². The molecule has 0 bridgehead atoms. The Morgan fingerprint density at radius 1 is 1.40 bits per heavy atom. The first-order valence-electron chi connectivity index (χ1n) is 6.78. The zero-order chi connectivity index (χ0) is 14.8. The third-order valence-electron chi connectivity index (χ3n) is 3.77. The summed E-state index contributed by atoms with van der Waals surface area (Å²) >= 11 is 0. The van der Waals surface area contributed by atoms with E-state index in [0.29, 0.717) is 5.69 Å². The molecule has 5 heteroatoms. The second-order valence-electron chi connectivity index (χ2n) is 5.85. The average molecular weight is 276 g/mol. The van der Waals surface area contributed by atoms with E-state index in [1.54, 1.807) is 12.1 Å². The summed E-state index contributed by atoms with van der Waals surface area (Å²) in [6.45, 7) is 4.96. The van der Waals surface area contributed by atoms with Crippen molar-refractivity contribution < 1.29 is 14.7 Å². The predicted octanol–water partition coefficient (Wildman–Crippen LogP) is 2.10. The van der Waals surface area contributed by atoms with Crippen LogP contribution >= 0.6 is 0 Å². The van der Waals surface area contributed by atoms with E-state index in [2.05, 4.69) is 24.5 Å². The predicted molar refractivity (Wildman–Crippen MR) is 76.8 cm³/mol. The lowest BCUT2D eigenvalue weighted by atomic mass is 9.77. The molecule has 0 saturated carbocycles. The van der Waals surface area contributed by atoms with Crippen molar-refractivity contribution in [3.63, 3.8) is 0 Å². The maximum Gasteiger partial charge on any atom is 0.335 e. The van der Waals surface area contributed by atoms with Crippen molar-refractivity contribution >= 4 is 17.6 Å². The van der Waals surface area contributed by atoms with E-state index in [9.17, 15) is 9.59 Å². The minimum absolute atomic E-state index is 0.104. The van der Waals surface area contributed by atoms with Gasteiger partial charge in [-0.2, -0.15) is 0 Å². The Bertz CT molecular complexity index is 526. The van der Waals surface area contributed by atoms with Gasteiger partial charge >= 0.3 is 5.97 Å². The van der Waals surface area contributed by atoms with E-state index in [-0.39, 0.29) is 22.9 Å². The number of amides is 1. The van der Waals surface area contributed by atoms with Crippen molar-refractivity contribution in [2.75, 3.05) is 11.9 Å². The molecule has 5 nitrogen and oxygen atoms in total. The number of rotatable bonds is 3. The quantitative estimate of drug-likeness (QED) is 0.790. The summed E-state index contributed by atoms with van der Waals surface area (Å²) in [5, 5.41) is 15.0. The lowest BCUT2D eigenvalue weighted by Crippen LogP contribution is -2.53. The Morgan fingerprint density at radius 2 is 2.15 bits per heavy atom. The molecular formula is C15H20N2O3. The molecule has 1 aromatic carbocycles. The van der Waals surface area contributed by atoms with Crippen molar-refractivity contribution in [3.8, 4) is 0 Å². The number of aromatic carboxylic acids is 1. The molecule has 1 aliphatic rings. The van der Waals surface area contributed by atoms with E-state index in [0.717, 1.165) is 19.4 Å². The van der Waals surface area contributed by atoms with Crippen LogP contribution in [0.4, 0.5) is 5.69 Å². The molecule has 1 atom stereocenters. The summed E-state index contributed by atoms with van der Waals surface area (Å²) < 4.78 is 0. The highest BCUT2D eigenvalue weighted by atomic mass is 16.4. The number of carbonyl (C=O) groups is 2. The van der Waals surface area contributed by atoms with Crippen LogP contribution in [-0.4, -0.2) is 29.6 Å². The van der Waals surface area contributed by atoms with Gasteiger partial charge in [0.2, 0.25) is 5.91 Å². The van der Waals surface area contributed by atoms with Gasteiger partial charge in [-0.05, 0) is 43.0 Å². The molecule has 0 spiro atoms. The van der Waals surface area contributed by atoms with Crippen LogP contribution in [0, 0.1) is 5.41 Å². The Kier molecular flexibility index (Phi) is 4.09. The largest absolute Gasteiger partial charge is 0.478 e. The molecule has 0 aliphatic carbocycles. The monoisotopic (exact) mass is 276 g/mol. The lowest BCUT2D eigenvalue weighted by Gasteiger charge is -2.38. The maximum atomic E-state index is 12.3. The van der Waals surface area contributed by atoms with E-state index in [1.807, 2.05) is 0 Å². The molecule has 0 radical (unpaired) electrons. The van der Waals surface area contributed by atoms with Crippen LogP contribution in [0.25, 0.3) is 0 Å². The number of piperidine rings is 1. The molecule has 1 unspecified atom stereocenters. The fraction of sp³-hybridized carbons (Fsp3) is 0.467. The molecule has 3 N–H and O–H groups in total. The molecule has 1 saturated heterocycles. The summed E-state index contributed by atoms with van der Waals surface area (Å²) in [4.78, 5) is 23.3. The fourth-order valence-corrected chi connectivity index (χ4v) is 2.60. The Labute approximate surface area is 118 Å². The second kappa shape index (κ2) is 5.63. The number of carboxylic acid groups (broad SMARTS) is 1. The normalized spacial score (nSPS) is 21.2. The van der Waals surface area contributed by atoms with Gasteiger partial charge in [0.15, 0.2) is 0 Å². The first-order valence-corrected chi connectivity index (χ1v) is 6.78. The minimum atomic E-state index is -1.00. The van der Waals surface area contributed by atoms with Crippen LogP contribution in [0.1, 0.15) is 37.0 Å². The summed E-state index contributed by atoms with van der Waals surface area (Å²) in [5.74, 6) is -1.12. The van der Waals surface area contributed by atoms with Crippen molar-refractivity contribution in [1.29, 1.82) is 0 Å². The lowest BCUT2D eigenvalue weighted by molar-refractivity contribution is -0.121. The van der Waals surface area contributed by atoms with Gasteiger partial charge in [0.25, 0.3) is 0 Å². The molecule has 1 amide bonds. The molecule has 20 heavy (non-hydrogen) atoms. The summed E-state index contributed by atoms with van der Waals surface area (Å²) in [6, 6.07) is 6.03. The molecule has 1 aliphatic heterocycles. The van der Waals surface area contributed by atoms with Crippen LogP contribution in [0.3, 0.4) is 0 Å². The van der Waals surface area contributed by atoms with Crippen LogP contribution in [0.5, 0.6) is 0 Å². The highest BCUT2D eigenvalue weighted by Gasteiger charge is 2.37. The number of anilines is 1. The van der Waals surface area contributed by atoms with Gasteiger partial charge in [-0.1, -0.05) is 19.9 Å². The first kappa shape index (κ1) is 14.5. The zero-order valence-electron chi connectivity index (χ0n) is 11.8. The third kappa shape index (κ3) is 3.17. The fourth-order valence-electron chi connectivity index (χ4n) is 2.60. The number of carboxylic acids is 1. The number of benzene rings is 1. The highest BCUT2D eigenvalue weighted by Crippen LogP contribution is 2.30. The van der Waals surface area contributed by atoms with E-state index >= 15 is 0 Å². The van der Waals surface area contributed by atoms with Gasteiger partial charge < -0.3 is 15.7 Å². The molecule has 0 aromatic heterocycles. The van der Waals surface area contributed by atoms with E-state index in [4.69, 9.17) is 5.11 Å². The summed E-state index contributed by atoms with van der Waals surface area (Å²) in [6.07, 6.45) is 2.05. The van der Waals surface area contributed by atoms with Gasteiger partial charge in [-0.15, -0.1) is 0 Å². The van der Waals surface area contributed by atoms with Crippen LogP contribution < -0.4 is 10.6 Å². The molecule has 1 heterocycles. The third-order valence-corrected chi connectivity index (χ3v) is 3.77. The Morgan fingerprint density at radius 3 is 2.80 bits per heavy atom. The number of nitrogens with one attached hydrogen (secondary N) is 2. The van der Waals surface area contributed by atoms with Crippen molar-refractivity contribution in [2.24, 2.45) is 5.41 Å². The topological polar surface area (TPSA) is 78.4 Å². The van der Waals surface area contributed by atoms with Crippen LogP contribution in [0.2, 0.25) is 0 Å². The molecule has 108 valence electrons. The van der Waals surface area contributed by atoms with Gasteiger partial charge in [-0.3, -0.25) is 4.79 Å². The Hall–Kier alpha value is -1.88. The van der Waals surface area contributed by atoms with E-state index < -0.39 is 5.97 Å². The first-order chi connectivity index (χ1) is 9.40. The number of hydrogen-bond donors (Lipinski definition) is 3. The Balaban J connectivity index is 2.11. The van der Waals surface area contributed by atoms with Gasteiger partial charge in [0.05, 0.1) is 11.6 Å². The number of hydrogen-bond acceptors (Lipinski definition) is 3. The van der Waals surface area contributed by atoms with Crippen molar-refractivity contribution in [2.45, 2.75) is 32.7 Å². The SMILES string of the molecule is CC1(C)CCCNC1C(=O)Nc1cccc(C(=O)O)c1. The molecular weight excluding hydrogens is 256 g/mol. The van der Waals surface area contributed by atoms with Gasteiger partial charge in [0, 0.05) is 5.69 Å². The van der Waals surface area contributed by atoms with Crippen LogP contribution in [0.15, 0.2) is 24.3 Å². The zero-order valence-corrected chi connectivity index (χ0v) is 11.8.